The predicted octanol–water partition coefficient (Wildman–Crippen LogP) is 16.5. The van der Waals surface area contributed by atoms with Crippen LogP contribution < -0.4 is 30.5 Å². The average Bonchev–Trinajstić information content (AvgIpc) is 3.80. The van der Waals surface area contributed by atoms with Gasteiger partial charge in [-0.2, -0.15) is 0 Å². The second kappa shape index (κ2) is 16.1. The molecule has 0 fully saturated rings. The van der Waals surface area contributed by atoms with Crippen molar-refractivity contribution in [3.63, 3.8) is 0 Å². The largest absolute Gasteiger partial charge is 0.309 e. The van der Waals surface area contributed by atoms with Crippen molar-refractivity contribution in [1.29, 1.82) is 0 Å². The van der Waals surface area contributed by atoms with Gasteiger partial charge in [-0.25, -0.2) is 0 Å². The van der Waals surface area contributed by atoms with Crippen LogP contribution in [0.5, 0.6) is 0 Å². The molecule has 14 rings (SSSR count). The molecule has 2 aliphatic heterocycles. The van der Waals surface area contributed by atoms with Crippen LogP contribution in [-0.4, -0.2) is 16.1 Å². The van der Waals surface area contributed by atoms with E-state index >= 15 is 0 Å². The first-order valence-corrected chi connectivity index (χ1v) is 31.3. The number of fused-ring (bicyclic) bond motifs is 6. The zero-order valence-corrected chi connectivity index (χ0v) is 43.0. The summed E-state index contributed by atoms with van der Waals surface area (Å²) in [5, 5.41) is 13.5. The first-order chi connectivity index (χ1) is 35.3. The van der Waals surface area contributed by atoms with Crippen molar-refractivity contribution in [1.82, 2.24) is 0 Å². The SMILES string of the molecule is C[Si]1(C)c2ccccc2-c2ccc(N(c3ccccc3-c3ccccc3)c3ccc4ccc5c(N(c6ccc7c(c6)[Si](C)(C)c6ccccc6-7)c6ccccc6-c6ccccc6)ccc6ccc3c4c65)cc21. The smallest absolute Gasteiger partial charge is 0.113 e. The Morgan fingerprint density at radius 3 is 1.04 bits per heavy atom. The topological polar surface area (TPSA) is 6.48 Å². The highest BCUT2D eigenvalue weighted by Crippen LogP contribution is 2.50. The summed E-state index contributed by atoms with van der Waals surface area (Å²) in [6, 6.07) is 91.4. The lowest BCUT2D eigenvalue weighted by atomic mass is 9.91. The summed E-state index contributed by atoms with van der Waals surface area (Å²) >= 11 is 0. The molecule has 0 amide bonds. The van der Waals surface area contributed by atoms with Crippen LogP contribution in [0.1, 0.15) is 0 Å². The predicted molar refractivity (Wildman–Crippen MR) is 315 cm³/mol. The fraction of sp³-hybridized carbons (Fsp3) is 0.0588. The van der Waals surface area contributed by atoms with Crippen molar-refractivity contribution >= 4 is 103 Å². The Labute approximate surface area is 424 Å². The molecule has 2 aliphatic rings. The van der Waals surface area contributed by atoms with Gasteiger partial charge in [0.2, 0.25) is 0 Å². The normalized spacial score (nSPS) is 13.8. The van der Waals surface area contributed by atoms with E-state index in [2.05, 4.69) is 279 Å². The summed E-state index contributed by atoms with van der Waals surface area (Å²) in [6.45, 7) is 10.1. The van der Waals surface area contributed by atoms with E-state index in [1.165, 1.54) is 109 Å². The number of benzene rings is 12. The van der Waals surface area contributed by atoms with Crippen LogP contribution in [0.25, 0.3) is 76.8 Å². The molecule has 4 heteroatoms. The fourth-order valence-corrected chi connectivity index (χ4v) is 18.9. The first-order valence-electron chi connectivity index (χ1n) is 25.3. The van der Waals surface area contributed by atoms with Crippen LogP contribution in [-0.2, 0) is 0 Å². The summed E-state index contributed by atoms with van der Waals surface area (Å²) in [7, 11) is -4.01. The molecule has 0 bridgehead atoms. The summed E-state index contributed by atoms with van der Waals surface area (Å²) in [5.74, 6) is 0. The van der Waals surface area contributed by atoms with Crippen molar-refractivity contribution in [2.75, 3.05) is 9.80 Å². The van der Waals surface area contributed by atoms with E-state index in [0.29, 0.717) is 0 Å². The van der Waals surface area contributed by atoms with Gasteiger partial charge in [-0.15, -0.1) is 0 Å². The summed E-state index contributed by atoms with van der Waals surface area (Å²) < 4.78 is 0. The third-order valence-electron chi connectivity index (χ3n) is 16.2. The Bertz CT molecular complexity index is 3850. The monoisotopic (exact) mass is 952 g/mol. The average molecular weight is 953 g/mol. The molecule has 0 aliphatic carbocycles. The summed E-state index contributed by atoms with van der Waals surface area (Å²) in [5.41, 5.74) is 17.3. The van der Waals surface area contributed by atoms with E-state index in [0.717, 1.165) is 22.7 Å². The Hall–Kier alpha value is -8.29. The Morgan fingerprint density at radius 1 is 0.264 bits per heavy atom. The number of rotatable bonds is 8. The van der Waals surface area contributed by atoms with Crippen LogP contribution in [0.4, 0.5) is 34.1 Å². The number of hydrogen-bond acceptors (Lipinski definition) is 2. The Kier molecular flexibility index (Phi) is 9.54. The van der Waals surface area contributed by atoms with Gasteiger partial charge < -0.3 is 9.80 Å². The van der Waals surface area contributed by atoms with Crippen LogP contribution >= 0.6 is 0 Å². The number of hydrogen-bond donors (Lipinski definition) is 0. The first kappa shape index (κ1) is 42.6. The molecule has 0 saturated carbocycles. The van der Waals surface area contributed by atoms with Gasteiger partial charge in [-0.1, -0.05) is 220 Å². The minimum Gasteiger partial charge on any atom is -0.309 e. The molecule has 0 spiro atoms. The molecule has 2 heterocycles. The zero-order valence-electron chi connectivity index (χ0n) is 41.0. The van der Waals surface area contributed by atoms with E-state index < -0.39 is 16.1 Å². The van der Waals surface area contributed by atoms with Gasteiger partial charge in [0.15, 0.2) is 0 Å². The van der Waals surface area contributed by atoms with Crippen LogP contribution in [0.15, 0.2) is 243 Å². The van der Waals surface area contributed by atoms with Crippen LogP contribution in [0.2, 0.25) is 26.2 Å². The second-order valence-electron chi connectivity index (χ2n) is 20.8. The van der Waals surface area contributed by atoms with E-state index in [4.69, 9.17) is 0 Å². The highest BCUT2D eigenvalue weighted by Gasteiger charge is 2.39. The molecule has 0 N–H and O–H groups in total. The number of nitrogens with zero attached hydrogens (tertiary/aromatic N) is 2. The Morgan fingerprint density at radius 2 is 0.611 bits per heavy atom. The van der Waals surface area contributed by atoms with Crippen molar-refractivity contribution in [2.45, 2.75) is 26.2 Å². The summed E-state index contributed by atoms with van der Waals surface area (Å²) in [6.07, 6.45) is 0. The lowest BCUT2D eigenvalue weighted by Crippen LogP contribution is -2.49. The van der Waals surface area contributed by atoms with Crippen molar-refractivity contribution < 1.29 is 0 Å². The molecule has 72 heavy (non-hydrogen) atoms. The van der Waals surface area contributed by atoms with Gasteiger partial charge in [0.1, 0.15) is 16.1 Å². The van der Waals surface area contributed by atoms with Gasteiger partial charge in [0.25, 0.3) is 0 Å². The van der Waals surface area contributed by atoms with Gasteiger partial charge in [-0.3, -0.25) is 0 Å². The summed E-state index contributed by atoms with van der Waals surface area (Å²) in [4.78, 5) is 5.11. The van der Waals surface area contributed by atoms with Gasteiger partial charge in [0, 0.05) is 33.3 Å². The molecule has 12 aromatic rings. The van der Waals surface area contributed by atoms with Gasteiger partial charge >= 0.3 is 0 Å². The maximum atomic E-state index is 2.56. The van der Waals surface area contributed by atoms with E-state index in [1.807, 2.05) is 0 Å². The fourth-order valence-electron chi connectivity index (χ4n) is 12.7. The van der Waals surface area contributed by atoms with Crippen molar-refractivity contribution in [3.8, 4) is 44.5 Å². The second-order valence-corrected chi connectivity index (χ2v) is 29.5. The minimum atomic E-state index is -2.00. The van der Waals surface area contributed by atoms with Crippen LogP contribution in [0, 0.1) is 0 Å². The third kappa shape index (κ3) is 6.32. The quantitative estimate of drug-likeness (QED) is 0.111. The molecule has 2 nitrogen and oxygen atoms in total. The Balaban J connectivity index is 1.02. The molecular formula is C68H52N2Si2. The lowest BCUT2D eigenvalue weighted by Gasteiger charge is -2.32. The maximum absolute atomic E-state index is 2.56. The molecular weight excluding hydrogens is 901 g/mol. The van der Waals surface area contributed by atoms with E-state index in [-0.39, 0.29) is 0 Å². The third-order valence-corrected chi connectivity index (χ3v) is 23.3. The highest BCUT2D eigenvalue weighted by atomic mass is 28.3. The molecule has 0 atom stereocenters. The lowest BCUT2D eigenvalue weighted by molar-refractivity contribution is 1.30. The van der Waals surface area contributed by atoms with E-state index in [1.54, 1.807) is 0 Å². The number of anilines is 6. The molecule has 342 valence electrons. The molecule has 12 aromatic carbocycles. The zero-order chi connectivity index (χ0) is 48.3. The van der Waals surface area contributed by atoms with Crippen molar-refractivity contribution in [2.24, 2.45) is 0 Å². The van der Waals surface area contributed by atoms with E-state index in [9.17, 15) is 0 Å². The number of para-hydroxylation sites is 2. The molecule has 0 saturated heterocycles. The van der Waals surface area contributed by atoms with Crippen LogP contribution in [0.3, 0.4) is 0 Å². The highest BCUT2D eigenvalue weighted by molar-refractivity contribution is 7.04. The molecule has 0 unspecified atom stereocenters. The standard InChI is InChI=1S/C68H52N2Si2/c1-71(2)63-29-17-13-25-53(63)55-39-35-49(43-65(55)71)69(59-27-15-11-23-51(59)45-19-7-5-8-20-45)61-41-33-47-32-38-58-62(42-34-48-31-37-57(61)67(47)68(48)58)70(60-28-16-12-24-52(60)46-21-9-6-10-22-46)50-36-40-56-54-26-14-18-30-64(54)72(3,4)66(56)44-50/h5-44H,1-4H3. The molecule has 0 radical (unpaired) electrons. The molecule has 0 aromatic heterocycles. The maximum Gasteiger partial charge on any atom is 0.113 e. The minimum absolute atomic E-state index is 1.16. The van der Waals surface area contributed by atoms with Gasteiger partial charge in [0.05, 0.1) is 22.7 Å². The van der Waals surface area contributed by atoms with Gasteiger partial charge in [-0.05, 0) is 124 Å². The van der Waals surface area contributed by atoms with Crippen molar-refractivity contribution in [3.05, 3.63) is 243 Å².